The van der Waals surface area contributed by atoms with Crippen LogP contribution in [0.4, 0.5) is 5.69 Å². The van der Waals surface area contributed by atoms with Crippen LogP contribution in [0, 0.1) is 0 Å². The van der Waals surface area contributed by atoms with Gasteiger partial charge in [-0.3, -0.25) is 13.9 Å². The molecule has 0 heterocycles. The predicted molar refractivity (Wildman–Crippen MR) is 153 cm³/mol. The lowest BCUT2D eigenvalue weighted by molar-refractivity contribution is -0.139. The van der Waals surface area contributed by atoms with Gasteiger partial charge in [-0.25, -0.2) is 8.42 Å². The monoisotopic (exact) mass is 571 g/mol. The Bertz CT molecular complexity index is 1380. The van der Waals surface area contributed by atoms with Crippen molar-refractivity contribution in [3.63, 3.8) is 0 Å². The van der Waals surface area contributed by atoms with Gasteiger partial charge in [-0.2, -0.15) is 0 Å². The number of rotatable bonds is 12. The van der Waals surface area contributed by atoms with Gasteiger partial charge in [0.25, 0.3) is 10.0 Å². The summed E-state index contributed by atoms with van der Waals surface area (Å²) in [7, 11) is -2.68. The molecule has 0 aliphatic rings. The minimum Gasteiger partial charge on any atom is -0.497 e. The second kappa shape index (κ2) is 13.5. The van der Waals surface area contributed by atoms with Gasteiger partial charge < -0.3 is 15.0 Å². The van der Waals surface area contributed by atoms with Gasteiger partial charge in [0.1, 0.15) is 18.3 Å². The van der Waals surface area contributed by atoms with Crippen LogP contribution in [0.1, 0.15) is 32.8 Å². The molecule has 0 unspecified atom stereocenters. The molecule has 0 saturated heterocycles. The van der Waals surface area contributed by atoms with Gasteiger partial charge >= 0.3 is 0 Å². The molecule has 0 fully saturated rings. The average Bonchev–Trinajstić information content (AvgIpc) is 2.95. The maximum absolute atomic E-state index is 13.9. The molecule has 0 spiro atoms. The average molecular weight is 572 g/mol. The maximum atomic E-state index is 13.9. The molecule has 0 radical (unpaired) electrons. The fourth-order valence-electron chi connectivity index (χ4n) is 3.87. The van der Waals surface area contributed by atoms with Crippen molar-refractivity contribution in [2.75, 3.05) is 18.0 Å². The van der Waals surface area contributed by atoms with E-state index in [1.54, 1.807) is 73.7 Å². The van der Waals surface area contributed by atoms with Crippen LogP contribution in [0.3, 0.4) is 0 Å². The van der Waals surface area contributed by atoms with Crippen molar-refractivity contribution in [1.82, 2.24) is 10.2 Å². The van der Waals surface area contributed by atoms with Crippen molar-refractivity contribution >= 4 is 39.1 Å². The lowest BCUT2D eigenvalue weighted by Gasteiger charge is -2.32. The number of ether oxygens (including phenoxy) is 1. The second-order valence-electron chi connectivity index (χ2n) is 9.13. The SMILES string of the molecule is CC[C@H](C)NC(=O)[C@@H](C)N(Cc1ccccc1Cl)C(=O)CN(c1cccc(OC)c1)S(=O)(=O)c1ccccc1. The van der Waals surface area contributed by atoms with Gasteiger partial charge in [-0.15, -0.1) is 0 Å². The Morgan fingerprint density at radius 2 is 1.64 bits per heavy atom. The molecule has 8 nitrogen and oxygen atoms in total. The Hall–Kier alpha value is -3.56. The quantitative estimate of drug-likeness (QED) is 0.334. The van der Waals surface area contributed by atoms with Gasteiger partial charge in [-0.05, 0) is 56.2 Å². The fourth-order valence-corrected chi connectivity index (χ4v) is 5.49. The molecule has 1 N–H and O–H groups in total. The zero-order valence-electron chi connectivity index (χ0n) is 22.5. The first-order valence-electron chi connectivity index (χ1n) is 12.6. The summed E-state index contributed by atoms with van der Waals surface area (Å²) in [5.74, 6) is -0.477. The van der Waals surface area contributed by atoms with Crippen LogP contribution >= 0.6 is 11.6 Å². The molecule has 0 aromatic heterocycles. The first-order chi connectivity index (χ1) is 18.6. The maximum Gasteiger partial charge on any atom is 0.264 e. The molecule has 2 amide bonds. The highest BCUT2D eigenvalue weighted by atomic mass is 35.5. The number of hydrogen-bond donors (Lipinski definition) is 1. The summed E-state index contributed by atoms with van der Waals surface area (Å²) < 4.78 is 33.9. The van der Waals surface area contributed by atoms with E-state index in [-0.39, 0.29) is 29.1 Å². The van der Waals surface area contributed by atoms with Crippen LogP contribution in [0.5, 0.6) is 5.75 Å². The molecule has 0 aliphatic heterocycles. The summed E-state index contributed by atoms with van der Waals surface area (Å²) >= 11 is 6.39. The molecule has 3 aromatic carbocycles. The molecule has 0 saturated carbocycles. The second-order valence-corrected chi connectivity index (χ2v) is 11.4. The Morgan fingerprint density at radius 3 is 2.28 bits per heavy atom. The summed E-state index contributed by atoms with van der Waals surface area (Å²) in [6.07, 6.45) is 0.718. The van der Waals surface area contributed by atoms with Crippen molar-refractivity contribution in [3.05, 3.63) is 89.4 Å². The highest BCUT2D eigenvalue weighted by Gasteiger charge is 2.33. The molecular formula is C29H34ClN3O5S. The van der Waals surface area contributed by atoms with Crippen LogP contribution in [0.15, 0.2) is 83.8 Å². The van der Waals surface area contributed by atoms with E-state index in [1.807, 2.05) is 13.8 Å². The van der Waals surface area contributed by atoms with Crippen LogP contribution < -0.4 is 14.4 Å². The first kappa shape index (κ1) is 30.0. The van der Waals surface area contributed by atoms with E-state index < -0.39 is 28.5 Å². The lowest BCUT2D eigenvalue weighted by atomic mass is 10.1. The first-order valence-corrected chi connectivity index (χ1v) is 14.4. The number of nitrogens with zero attached hydrogens (tertiary/aromatic N) is 2. The number of hydrogen-bond acceptors (Lipinski definition) is 5. The molecule has 39 heavy (non-hydrogen) atoms. The smallest absolute Gasteiger partial charge is 0.264 e. The number of carbonyl (C=O) groups excluding carboxylic acids is 2. The summed E-state index contributed by atoms with van der Waals surface area (Å²) in [5.41, 5.74) is 0.885. The van der Waals surface area contributed by atoms with E-state index >= 15 is 0 Å². The number of anilines is 1. The summed E-state index contributed by atoms with van der Waals surface area (Å²) in [6, 6.07) is 20.4. The van der Waals surface area contributed by atoms with E-state index in [2.05, 4.69) is 5.32 Å². The Labute approximate surface area is 235 Å². The normalized spacial score (nSPS) is 12.7. The highest BCUT2D eigenvalue weighted by molar-refractivity contribution is 7.92. The Morgan fingerprint density at radius 1 is 0.974 bits per heavy atom. The Kier molecular flexibility index (Phi) is 10.4. The molecule has 208 valence electrons. The summed E-state index contributed by atoms with van der Waals surface area (Å²) in [4.78, 5) is 28.4. The summed E-state index contributed by atoms with van der Waals surface area (Å²) in [5, 5.41) is 3.34. The molecule has 3 rings (SSSR count). The predicted octanol–water partition coefficient (Wildman–Crippen LogP) is 4.88. The third-order valence-electron chi connectivity index (χ3n) is 6.42. The van der Waals surface area contributed by atoms with E-state index in [1.165, 1.54) is 24.1 Å². The van der Waals surface area contributed by atoms with Crippen molar-refractivity contribution < 1.29 is 22.7 Å². The number of carbonyl (C=O) groups is 2. The molecule has 0 aliphatic carbocycles. The topological polar surface area (TPSA) is 96.0 Å². The van der Waals surface area contributed by atoms with Crippen molar-refractivity contribution in [3.8, 4) is 5.75 Å². The zero-order valence-corrected chi connectivity index (χ0v) is 24.1. The van der Waals surface area contributed by atoms with E-state index in [4.69, 9.17) is 16.3 Å². The molecule has 10 heteroatoms. The molecule has 2 atom stereocenters. The van der Waals surface area contributed by atoms with Crippen molar-refractivity contribution in [1.29, 1.82) is 0 Å². The van der Waals surface area contributed by atoms with Gasteiger partial charge in [-0.1, -0.05) is 61.0 Å². The number of methoxy groups -OCH3 is 1. The van der Waals surface area contributed by atoms with Crippen LogP contribution in [-0.4, -0.2) is 50.9 Å². The molecule has 0 bridgehead atoms. The van der Waals surface area contributed by atoms with Crippen LogP contribution in [-0.2, 0) is 26.2 Å². The van der Waals surface area contributed by atoms with Crippen molar-refractivity contribution in [2.24, 2.45) is 0 Å². The van der Waals surface area contributed by atoms with Crippen LogP contribution in [0.25, 0.3) is 0 Å². The standard InChI is InChI=1S/C29H34ClN3O5S/c1-5-21(2)31-29(35)22(3)32(19-23-12-9-10-17-27(23)30)28(34)20-33(24-13-11-14-25(18-24)38-4)39(36,37)26-15-7-6-8-16-26/h6-18,21-22H,5,19-20H2,1-4H3,(H,31,35)/t21-,22+/m0/s1. The third kappa shape index (κ3) is 7.52. The number of sulfonamides is 1. The largest absolute Gasteiger partial charge is 0.497 e. The molecule has 3 aromatic rings. The fraction of sp³-hybridized carbons (Fsp3) is 0.310. The van der Waals surface area contributed by atoms with Gasteiger partial charge in [0.05, 0.1) is 17.7 Å². The van der Waals surface area contributed by atoms with Gasteiger partial charge in [0, 0.05) is 23.7 Å². The zero-order chi connectivity index (χ0) is 28.6. The third-order valence-corrected chi connectivity index (χ3v) is 8.58. The number of nitrogens with one attached hydrogen (secondary N) is 1. The van der Waals surface area contributed by atoms with Crippen molar-refractivity contribution in [2.45, 2.75) is 50.7 Å². The van der Waals surface area contributed by atoms with Crippen LogP contribution in [0.2, 0.25) is 5.02 Å². The van der Waals surface area contributed by atoms with E-state index in [0.29, 0.717) is 16.3 Å². The van der Waals surface area contributed by atoms with E-state index in [9.17, 15) is 18.0 Å². The highest BCUT2D eigenvalue weighted by Crippen LogP contribution is 2.28. The minimum atomic E-state index is -4.15. The molecular weight excluding hydrogens is 538 g/mol. The number of halogens is 1. The van der Waals surface area contributed by atoms with Gasteiger partial charge in [0.2, 0.25) is 11.8 Å². The van der Waals surface area contributed by atoms with E-state index in [0.717, 1.165) is 10.7 Å². The lowest BCUT2D eigenvalue weighted by Crippen LogP contribution is -2.52. The minimum absolute atomic E-state index is 0.0188. The number of benzene rings is 3. The Balaban J connectivity index is 2.04. The number of amides is 2. The summed E-state index contributed by atoms with van der Waals surface area (Å²) in [6.45, 7) is 4.92. The van der Waals surface area contributed by atoms with Gasteiger partial charge in [0.15, 0.2) is 0 Å².